The number of likely N-dealkylation sites (tertiary alicyclic amines) is 2. The zero-order valence-corrected chi connectivity index (χ0v) is 16.9. The first-order valence-electron chi connectivity index (χ1n) is 10.5. The number of allylic oxidation sites excluding steroid dienone is 2. The van der Waals surface area contributed by atoms with Crippen molar-refractivity contribution in [3.8, 4) is 0 Å². The molecule has 0 saturated carbocycles. The summed E-state index contributed by atoms with van der Waals surface area (Å²) in [5, 5.41) is 0. The Kier molecular flexibility index (Phi) is 8.18. The maximum atomic E-state index is 6.09. The molecular formula is C22H42N2O+2. The Morgan fingerprint density at radius 1 is 0.840 bits per heavy atom. The van der Waals surface area contributed by atoms with E-state index in [1.165, 1.54) is 73.7 Å². The molecule has 0 aromatic carbocycles. The van der Waals surface area contributed by atoms with Crippen LogP contribution in [0.4, 0.5) is 0 Å². The van der Waals surface area contributed by atoms with Gasteiger partial charge in [0.05, 0.1) is 53.5 Å². The standard InChI is InChI=1S/C22H42N2O/c1-5-9-21-11-7-13-23(3,19-21)15-17-25-18-16-24(4)14-8-12-22(20-24)10-6-2/h5-6,21-22H,1-2,7-20H2,3-4H3/q+2. The maximum Gasteiger partial charge on any atom is 0.102 e. The summed E-state index contributed by atoms with van der Waals surface area (Å²) in [5.74, 6) is 1.66. The van der Waals surface area contributed by atoms with Crippen LogP contribution in [0.15, 0.2) is 25.3 Å². The van der Waals surface area contributed by atoms with Gasteiger partial charge >= 0.3 is 0 Å². The summed E-state index contributed by atoms with van der Waals surface area (Å²) < 4.78 is 8.46. The van der Waals surface area contributed by atoms with Gasteiger partial charge in [0.25, 0.3) is 0 Å². The van der Waals surface area contributed by atoms with Crippen LogP contribution in [0.1, 0.15) is 38.5 Å². The molecular weight excluding hydrogens is 308 g/mol. The Bertz CT molecular complexity index is 386. The highest BCUT2D eigenvalue weighted by Gasteiger charge is 2.31. The second-order valence-corrected chi connectivity index (χ2v) is 9.18. The first-order valence-corrected chi connectivity index (χ1v) is 10.5. The maximum absolute atomic E-state index is 6.09. The third-order valence-electron chi connectivity index (χ3n) is 6.57. The first-order chi connectivity index (χ1) is 12.0. The average Bonchev–Trinajstić information content (AvgIpc) is 2.55. The van der Waals surface area contributed by atoms with Crippen molar-refractivity contribution in [2.24, 2.45) is 11.8 Å². The van der Waals surface area contributed by atoms with Gasteiger partial charge in [0.15, 0.2) is 0 Å². The van der Waals surface area contributed by atoms with Gasteiger partial charge in [-0.15, -0.1) is 13.2 Å². The van der Waals surface area contributed by atoms with Gasteiger partial charge in [-0.3, -0.25) is 0 Å². The van der Waals surface area contributed by atoms with Crippen molar-refractivity contribution in [2.75, 3.05) is 66.6 Å². The van der Waals surface area contributed by atoms with E-state index < -0.39 is 0 Å². The molecule has 2 rings (SSSR count). The van der Waals surface area contributed by atoms with E-state index in [1.54, 1.807) is 0 Å². The first kappa shape index (κ1) is 20.7. The minimum atomic E-state index is 0.830. The Hall–Kier alpha value is -0.640. The summed E-state index contributed by atoms with van der Waals surface area (Å²) in [6, 6.07) is 0. The van der Waals surface area contributed by atoms with E-state index in [0.29, 0.717) is 0 Å². The van der Waals surface area contributed by atoms with Crippen LogP contribution in [0.25, 0.3) is 0 Å². The summed E-state index contributed by atoms with van der Waals surface area (Å²) >= 11 is 0. The van der Waals surface area contributed by atoms with Crippen molar-refractivity contribution in [3.05, 3.63) is 25.3 Å². The number of likely N-dealkylation sites (N-methyl/N-ethyl adjacent to an activating group) is 2. The van der Waals surface area contributed by atoms with E-state index in [2.05, 4.69) is 39.4 Å². The van der Waals surface area contributed by atoms with Crippen molar-refractivity contribution in [3.63, 3.8) is 0 Å². The minimum Gasteiger partial charge on any atom is -0.370 e. The molecule has 2 aliphatic rings. The van der Waals surface area contributed by atoms with Crippen LogP contribution in [0, 0.1) is 11.8 Å². The zero-order valence-electron chi connectivity index (χ0n) is 16.9. The molecule has 2 heterocycles. The minimum absolute atomic E-state index is 0.830. The van der Waals surface area contributed by atoms with Crippen LogP contribution in [0.5, 0.6) is 0 Å². The predicted octanol–water partition coefficient (Wildman–Crippen LogP) is 3.87. The lowest BCUT2D eigenvalue weighted by molar-refractivity contribution is -0.921. The fourth-order valence-electron chi connectivity index (χ4n) is 5.07. The lowest BCUT2D eigenvalue weighted by Gasteiger charge is -2.42. The summed E-state index contributed by atoms with van der Waals surface area (Å²) in [7, 11) is 4.83. The molecule has 144 valence electrons. The van der Waals surface area contributed by atoms with Gasteiger partial charge in [-0.25, -0.2) is 0 Å². The van der Waals surface area contributed by atoms with Crippen molar-refractivity contribution in [1.29, 1.82) is 0 Å². The van der Waals surface area contributed by atoms with Crippen LogP contribution in [-0.4, -0.2) is 75.5 Å². The van der Waals surface area contributed by atoms with Crippen LogP contribution >= 0.6 is 0 Å². The third-order valence-corrected chi connectivity index (χ3v) is 6.57. The van der Waals surface area contributed by atoms with Gasteiger partial charge in [0.1, 0.15) is 13.1 Å². The zero-order chi connectivity index (χ0) is 18.2. The van der Waals surface area contributed by atoms with Gasteiger partial charge in [0, 0.05) is 11.8 Å². The quantitative estimate of drug-likeness (QED) is 0.330. The van der Waals surface area contributed by atoms with Crippen LogP contribution in [-0.2, 0) is 4.74 Å². The molecule has 2 aliphatic heterocycles. The van der Waals surface area contributed by atoms with Gasteiger partial charge in [0.2, 0.25) is 0 Å². The van der Waals surface area contributed by atoms with E-state index >= 15 is 0 Å². The van der Waals surface area contributed by atoms with E-state index in [-0.39, 0.29) is 0 Å². The molecule has 4 unspecified atom stereocenters. The molecule has 0 spiro atoms. The highest BCUT2D eigenvalue weighted by molar-refractivity contribution is 4.76. The Morgan fingerprint density at radius 2 is 1.28 bits per heavy atom. The van der Waals surface area contributed by atoms with Crippen LogP contribution in [0.3, 0.4) is 0 Å². The molecule has 0 N–H and O–H groups in total. The molecule has 0 amide bonds. The van der Waals surface area contributed by atoms with E-state index in [0.717, 1.165) is 38.1 Å². The summed E-state index contributed by atoms with van der Waals surface area (Å²) in [5.41, 5.74) is 0. The average molecular weight is 351 g/mol. The van der Waals surface area contributed by atoms with Crippen molar-refractivity contribution < 1.29 is 13.7 Å². The molecule has 0 aromatic rings. The summed E-state index contributed by atoms with van der Waals surface area (Å²) in [6.07, 6.45) is 12.0. The van der Waals surface area contributed by atoms with Gasteiger partial charge in [-0.05, 0) is 38.5 Å². The highest BCUT2D eigenvalue weighted by Crippen LogP contribution is 2.25. The molecule has 0 aliphatic carbocycles. The molecule has 3 nitrogen and oxygen atoms in total. The second-order valence-electron chi connectivity index (χ2n) is 9.18. The highest BCUT2D eigenvalue weighted by atomic mass is 16.5. The summed E-state index contributed by atoms with van der Waals surface area (Å²) in [6.45, 7) is 17.2. The molecule has 0 aromatic heterocycles. The molecule has 0 radical (unpaired) electrons. The third kappa shape index (κ3) is 6.88. The molecule has 25 heavy (non-hydrogen) atoms. The number of ether oxygens (including phenoxy) is 1. The number of hydrogen-bond acceptors (Lipinski definition) is 1. The fourth-order valence-corrected chi connectivity index (χ4v) is 5.07. The smallest absolute Gasteiger partial charge is 0.102 e. The Balaban J connectivity index is 1.65. The normalized spacial score (nSPS) is 36.1. The van der Waals surface area contributed by atoms with Crippen molar-refractivity contribution in [1.82, 2.24) is 0 Å². The Labute approximate surface area is 156 Å². The van der Waals surface area contributed by atoms with Crippen molar-refractivity contribution >= 4 is 0 Å². The van der Waals surface area contributed by atoms with E-state index in [1.807, 2.05) is 0 Å². The SMILES string of the molecule is C=CCC1CCC[N+](C)(CCOCC[N+]2(C)CCCC(CC=C)C2)C1. The fraction of sp³-hybridized carbons (Fsp3) is 0.818. The second kappa shape index (κ2) is 9.89. The monoisotopic (exact) mass is 350 g/mol. The van der Waals surface area contributed by atoms with Crippen molar-refractivity contribution in [2.45, 2.75) is 38.5 Å². The van der Waals surface area contributed by atoms with Gasteiger partial charge < -0.3 is 13.7 Å². The van der Waals surface area contributed by atoms with Crippen LogP contribution < -0.4 is 0 Å². The molecule has 2 saturated heterocycles. The number of rotatable bonds is 10. The number of nitrogens with zero attached hydrogens (tertiary/aromatic N) is 2. The van der Waals surface area contributed by atoms with E-state index in [4.69, 9.17) is 4.74 Å². The van der Waals surface area contributed by atoms with Crippen LogP contribution in [0.2, 0.25) is 0 Å². The topological polar surface area (TPSA) is 9.23 Å². The Morgan fingerprint density at radius 3 is 1.68 bits per heavy atom. The largest absolute Gasteiger partial charge is 0.370 e. The lowest BCUT2D eigenvalue weighted by Crippen LogP contribution is -2.53. The number of quaternary nitrogens is 2. The van der Waals surface area contributed by atoms with Gasteiger partial charge in [-0.1, -0.05) is 12.2 Å². The predicted molar refractivity (Wildman–Crippen MR) is 107 cm³/mol. The lowest BCUT2D eigenvalue weighted by atomic mass is 9.93. The molecule has 4 atom stereocenters. The molecule has 2 fully saturated rings. The number of piperidine rings is 2. The summed E-state index contributed by atoms with van der Waals surface area (Å²) in [4.78, 5) is 0. The van der Waals surface area contributed by atoms with Gasteiger partial charge in [-0.2, -0.15) is 0 Å². The molecule has 0 bridgehead atoms. The van der Waals surface area contributed by atoms with E-state index in [9.17, 15) is 0 Å². The molecule has 3 heteroatoms. The number of hydrogen-bond donors (Lipinski definition) is 0.